The summed E-state index contributed by atoms with van der Waals surface area (Å²) in [7, 11) is -3.10. The summed E-state index contributed by atoms with van der Waals surface area (Å²) in [6, 6.07) is 6.59. The van der Waals surface area contributed by atoms with Gasteiger partial charge < -0.3 is 4.90 Å². The van der Waals surface area contributed by atoms with Crippen molar-refractivity contribution in [3.8, 4) is 0 Å². The maximum absolute atomic E-state index is 13.2. The Morgan fingerprint density at radius 3 is 2.54 bits per heavy atom. The summed E-state index contributed by atoms with van der Waals surface area (Å²) in [6.07, 6.45) is 1.16. The lowest BCUT2D eigenvalue weighted by atomic mass is 10.1. The molecule has 1 saturated heterocycles. The molecule has 2 aromatic rings. The van der Waals surface area contributed by atoms with Gasteiger partial charge in [-0.15, -0.1) is 0 Å². The van der Waals surface area contributed by atoms with E-state index in [4.69, 9.17) is 0 Å². The SMILES string of the molecule is CCCn1nc(C(=O)N(CC)[C@@H]2CCS(=O)(=O)C2)c2ccccc2c1=O. The van der Waals surface area contributed by atoms with Crippen LogP contribution in [0.25, 0.3) is 10.8 Å². The van der Waals surface area contributed by atoms with E-state index in [0.29, 0.717) is 30.3 Å². The zero-order valence-corrected chi connectivity index (χ0v) is 15.8. The molecule has 26 heavy (non-hydrogen) atoms. The Bertz CT molecular complexity index is 997. The quantitative estimate of drug-likeness (QED) is 0.787. The maximum Gasteiger partial charge on any atom is 0.275 e. The van der Waals surface area contributed by atoms with Crippen molar-refractivity contribution in [1.29, 1.82) is 0 Å². The van der Waals surface area contributed by atoms with Crippen molar-refractivity contribution in [2.75, 3.05) is 18.1 Å². The van der Waals surface area contributed by atoms with Crippen molar-refractivity contribution >= 4 is 26.5 Å². The first kappa shape index (κ1) is 18.6. The fourth-order valence-corrected chi connectivity index (χ4v) is 5.21. The second-order valence-electron chi connectivity index (χ2n) is 6.57. The van der Waals surface area contributed by atoms with E-state index in [1.165, 1.54) is 4.68 Å². The molecule has 1 aromatic carbocycles. The predicted molar refractivity (Wildman–Crippen MR) is 100 cm³/mol. The van der Waals surface area contributed by atoms with Gasteiger partial charge in [0.15, 0.2) is 15.5 Å². The summed E-state index contributed by atoms with van der Waals surface area (Å²) >= 11 is 0. The normalized spacial score (nSPS) is 18.9. The Labute approximate surface area is 152 Å². The van der Waals surface area contributed by atoms with Crippen molar-refractivity contribution in [3.63, 3.8) is 0 Å². The van der Waals surface area contributed by atoms with Crippen LogP contribution in [-0.2, 0) is 16.4 Å². The number of hydrogen-bond donors (Lipinski definition) is 0. The van der Waals surface area contributed by atoms with Gasteiger partial charge in [-0.1, -0.05) is 25.1 Å². The molecule has 2 heterocycles. The van der Waals surface area contributed by atoms with Crippen LogP contribution in [0.1, 0.15) is 37.2 Å². The van der Waals surface area contributed by atoms with Gasteiger partial charge in [-0.05, 0) is 25.8 Å². The van der Waals surface area contributed by atoms with Crippen LogP contribution >= 0.6 is 0 Å². The highest BCUT2D eigenvalue weighted by Gasteiger charge is 2.35. The monoisotopic (exact) mass is 377 g/mol. The van der Waals surface area contributed by atoms with Crippen LogP contribution in [0.3, 0.4) is 0 Å². The molecule has 0 N–H and O–H groups in total. The van der Waals surface area contributed by atoms with E-state index in [9.17, 15) is 18.0 Å². The molecule has 0 saturated carbocycles. The Hall–Kier alpha value is -2.22. The molecule has 1 atom stereocenters. The van der Waals surface area contributed by atoms with Crippen LogP contribution in [0, 0.1) is 0 Å². The average molecular weight is 377 g/mol. The number of amides is 1. The third-order valence-corrected chi connectivity index (χ3v) is 6.51. The molecule has 0 aliphatic carbocycles. The second kappa shape index (κ2) is 7.19. The summed E-state index contributed by atoms with van der Waals surface area (Å²) in [5.41, 5.74) is -0.00899. The van der Waals surface area contributed by atoms with Crippen molar-refractivity contribution in [1.82, 2.24) is 14.7 Å². The van der Waals surface area contributed by atoms with Gasteiger partial charge >= 0.3 is 0 Å². The third-order valence-electron chi connectivity index (χ3n) is 4.76. The number of benzene rings is 1. The lowest BCUT2D eigenvalue weighted by Gasteiger charge is -2.27. The fraction of sp³-hybridized carbons (Fsp3) is 0.500. The lowest BCUT2D eigenvalue weighted by Crippen LogP contribution is -2.42. The molecule has 8 heteroatoms. The molecule has 1 fully saturated rings. The number of aryl methyl sites for hydroxylation is 1. The summed E-state index contributed by atoms with van der Waals surface area (Å²) in [5.74, 6) is -0.236. The van der Waals surface area contributed by atoms with Gasteiger partial charge in [0.05, 0.1) is 16.9 Å². The number of nitrogens with zero attached hydrogens (tertiary/aromatic N) is 3. The summed E-state index contributed by atoms with van der Waals surface area (Å²) in [4.78, 5) is 27.3. The van der Waals surface area contributed by atoms with Gasteiger partial charge in [0.2, 0.25) is 0 Å². The Balaban J connectivity index is 2.09. The lowest BCUT2D eigenvalue weighted by molar-refractivity contribution is 0.0702. The van der Waals surface area contributed by atoms with Crippen molar-refractivity contribution in [2.45, 2.75) is 39.3 Å². The minimum absolute atomic E-state index is 0.0148. The van der Waals surface area contributed by atoms with Crippen molar-refractivity contribution < 1.29 is 13.2 Å². The minimum atomic E-state index is -3.10. The van der Waals surface area contributed by atoms with Crippen LogP contribution in [0.5, 0.6) is 0 Å². The molecule has 0 radical (unpaired) electrons. The molecule has 1 amide bonds. The van der Waals surface area contributed by atoms with E-state index in [1.807, 2.05) is 13.8 Å². The van der Waals surface area contributed by atoms with E-state index >= 15 is 0 Å². The molecular formula is C18H23N3O4S. The van der Waals surface area contributed by atoms with Crippen LogP contribution < -0.4 is 5.56 Å². The number of sulfone groups is 1. The molecule has 1 aromatic heterocycles. The van der Waals surface area contributed by atoms with Gasteiger partial charge in [-0.3, -0.25) is 9.59 Å². The first-order valence-corrected chi connectivity index (χ1v) is 10.7. The third kappa shape index (κ3) is 3.38. The van der Waals surface area contributed by atoms with Gasteiger partial charge in [-0.2, -0.15) is 5.10 Å². The largest absolute Gasteiger partial charge is 0.333 e. The van der Waals surface area contributed by atoms with E-state index in [2.05, 4.69) is 5.10 Å². The average Bonchev–Trinajstić information content (AvgIpc) is 2.97. The van der Waals surface area contributed by atoms with Crippen molar-refractivity contribution in [3.05, 3.63) is 40.3 Å². The highest BCUT2D eigenvalue weighted by molar-refractivity contribution is 7.91. The predicted octanol–water partition coefficient (Wildman–Crippen LogP) is 1.46. The molecule has 3 rings (SSSR count). The maximum atomic E-state index is 13.2. The number of carbonyl (C=O) groups is 1. The topological polar surface area (TPSA) is 89.3 Å². The summed E-state index contributed by atoms with van der Waals surface area (Å²) in [6.45, 7) is 4.58. The van der Waals surface area contributed by atoms with Gasteiger partial charge in [-0.25, -0.2) is 13.1 Å². The molecule has 0 bridgehead atoms. The van der Waals surface area contributed by atoms with Crippen LogP contribution in [0.15, 0.2) is 29.1 Å². The van der Waals surface area contributed by atoms with E-state index in [1.54, 1.807) is 29.2 Å². The minimum Gasteiger partial charge on any atom is -0.333 e. The fourth-order valence-electron chi connectivity index (χ4n) is 3.48. The second-order valence-corrected chi connectivity index (χ2v) is 8.80. The number of rotatable bonds is 5. The van der Waals surface area contributed by atoms with Crippen LogP contribution in [0.2, 0.25) is 0 Å². The number of hydrogen-bond acceptors (Lipinski definition) is 5. The summed E-state index contributed by atoms with van der Waals surface area (Å²) in [5, 5.41) is 5.29. The molecule has 0 spiro atoms. The highest BCUT2D eigenvalue weighted by atomic mass is 32.2. The first-order chi connectivity index (χ1) is 12.4. The Morgan fingerprint density at radius 2 is 1.96 bits per heavy atom. The van der Waals surface area contributed by atoms with E-state index in [-0.39, 0.29) is 34.7 Å². The number of carbonyl (C=O) groups excluding carboxylic acids is 1. The molecule has 1 aliphatic heterocycles. The Kier molecular flexibility index (Phi) is 5.13. The summed E-state index contributed by atoms with van der Waals surface area (Å²) < 4.78 is 25.0. The molecule has 7 nitrogen and oxygen atoms in total. The zero-order chi connectivity index (χ0) is 18.9. The first-order valence-electron chi connectivity index (χ1n) is 8.89. The molecule has 1 aliphatic rings. The number of aromatic nitrogens is 2. The van der Waals surface area contributed by atoms with E-state index < -0.39 is 9.84 Å². The smallest absolute Gasteiger partial charge is 0.275 e. The number of fused-ring (bicyclic) bond motifs is 1. The molecular weight excluding hydrogens is 354 g/mol. The molecule has 140 valence electrons. The van der Waals surface area contributed by atoms with E-state index in [0.717, 1.165) is 6.42 Å². The van der Waals surface area contributed by atoms with Gasteiger partial charge in [0.1, 0.15) is 0 Å². The van der Waals surface area contributed by atoms with Crippen LogP contribution in [-0.4, -0.2) is 53.1 Å². The molecule has 0 unspecified atom stereocenters. The zero-order valence-electron chi connectivity index (χ0n) is 15.0. The Morgan fingerprint density at radius 1 is 1.27 bits per heavy atom. The standard InChI is InChI=1S/C18H23N3O4S/c1-3-10-21-17(22)15-8-6-5-7-14(15)16(19-21)18(23)20(4-2)13-9-11-26(24,25)12-13/h5-8,13H,3-4,9-12H2,1-2H3/t13-/m1/s1. The highest BCUT2D eigenvalue weighted by Crippen LogP contribution is 2.22. The van der Waals surface area contributed by atoms with Gasteiger partial charge in [0.25, 0.3) is 11.5 Å². The van der Waals surface area contributed by atoms with Gasteiger partial charge in [0, 0.05) is 24.5 Å². The van der Waals surface area contributed by atoms with Crippen molar-refractivity contribution in [2.24, 2.45) is 0 Å². The van der Waals surface area contributed by atoms with Crippen LogP contribution in [0.4, 0.5) is 0 Å².